The number of carbonyl (C=O) groups is 1. The summed E-state index contributed by atoms with van der Waals surface area (Å²) in [7, 11) is 1.78. The molecular weight excluding hydrogens is 314 g/mol. The Labute approximate surface area is 146 Å². The van der Waals surface area contributed by atoms with Gasteiger partial charge in [0.1, 0.15) is 11.6 Å². The number of hydrogen-bond donors (Lipinski definition) is 1. The third-order valence-electron chi connectivity index (χ3n) is 4.60. The molecule has 0 bridgehead atoms. The van der Waals surface area contributed by atoms with Gasteiger partial charge in [-0.25, -0.2) is 9.97 Å². The summed E-state index contributed by atoms with van der Waals surface area (Å²) < 4.78 is 0. The smallest absolute Gasteiger partial charge is 0.255 e. The van der Waals surface area contributed by atoms with Crippen molar-refractivity contribution in [2.24, 2.45) is 0 Å². The number of nitrogens with zero attached hydrogens (tertiary/aromatic N) is 4. The summed E-state index contributed by atoms with van der Waals surface area (Å²) in [6.07, 6.45) is 4.09. The average Bonchev–Trinajstić information content (AvgIpc) is 3.30. The number of benzene rings is 1. The zero-order valence-electron chi connectivity index (χ0n) is 14.3. The monoisotopic (exact) mass is 335 g/mol. The zero-order chi connectivity index (χ0) is 17.2. The van der Waals surface area contributed by atoms with Crippen LogP contribution in [0.3, 0.4) is 0 Å². The van der Waals surface area contributed by atoms with Gasteiger partial charge in [0.15, 0.2) is 0 Å². The van der Waals surface area contributed by atoms with Crippen molar-refractivity contribution in [1.82, 2.24) is 19.9 Å². The summed E-state index contributed by atoms with van der Waals surface area (Å²) in [6.45, 7) is 2.53. The Kier molecular flexibility index (Phi) is 4.09. The van der Waals surface area contributed by atoms with Crippen molar-refractivity contribution >= 4 is 22.8 Å². The van der Waals surface area contributed by atoms with Gasteiger partial charge in [-0.3, -0.25) is 4.79 Å². The van der Waals surface area contributed by atoms with Crippen molar-refractivity contribution in [3.05, 3.63) is 54.0 Å². The first kappa shape index (κ1) is 15.6. The first-order chi connectivity index (χ1) is 12.2. The summed E-state index contributed by atoms with van der Waals surface area (Å²) in [5.74, 6) is 1.67. The fraction of sp³-hybridized carbons (Fsp3) is 0.316. The Morgan fingerprint density at radius 2 is 2.00 bits per heavy atom. The van der Waals surface area contributed by atoms with Crippen LogP contribution in [0.5, 0.6) is 0 Å². The maximum absolute atomic E-state index is 12.6. The van der Waals surface area contributed by atoms with E-state index in [0.717, 1.165) is 35.8 Å². The molecule has 0 atom stereocenters. The molecule has 4 rings (SSSR count). The number of imidazole rings is 1. The van der Waals surface area contributed by atoms with Gasteiger partial charge in [-0.15, -0.1) is 0 Å². The molecule has 0 aliphatic carbocycles. The molecule has 1 aromatic carbocycles. The normalized spacial score (nSPS) is 14.2. The molecule has 6 heteroatoms. The van der Waals surface area contributed by atoms with Crippen LogP contribution in [0.4, 0.5) is 5.82 Å². The third kappa shape index (κ3) is 3.20. The van der Waals surface area contributed by atoms with Gasteiger partial charge in [0, 0.05) is 26.3 Å². The van der Waals surface area contributed by atoms with E-state index in [-0.39, 0.29) is 5.91 Å². The minimum Gasteiger partial charge on any atom is -0.357 e. The molecule has 6 nitrogen and oxygen atoms in total. The SMILES string of the molecule is CN(Cc1nc2ccccc2[nH]1)C(=O)c1ccc(N2CCCC2)nc1. The van der Waals surface area contributed by atoms with E-state index < -0.39 is 0 Å². The molecule has 0 spiro atoms. The molecular formula is C19H21N5O. The van der Waals surface area contributed by atoms with Crippen LogP contribution in [0.25, 0.3) is 11.0 Å². The number of aromatic nitrogens is 3. The molecule has 1 aliphatic rings. The Hall–Kier alpha value is -2.89. The van der Waals surface area contributed by atoms with Gasteiger partial charge in [0.05, 0.1) is 23.1 Å². The largest absolute Gasteiger partial charge is 0.357 e. The second-order valence-electron chi connectivity index (χ2n) is 6.46. The minimum atomic E-state index is -0.0547. The number of rotatable bonds is 4. The van der Waals surface area contributed by atoms with Gasteiger partial charge in [0.25, 0.3) is 5.91 Å². The highest BCUT2D eigenvalue weighted by molar-refractivity contribution is 5.93. The van der Waals surface area contributed by atoms with E-state index in [2.05, 4.69) is 19.9 Å². The molecule has 3 aromatic rings. The fourth-order valence-corrected chi connectivity index (χ4v) is 3.24. The number of para-hydroxylation sites is 2. The van der Waals surface area contributed by atoms with Crippen LogP contribution in [-0.2, 0) is 6.54 Å². The van der Waals surface area contributed by atoms with Gasteiger partial charge in [0.2, 0.25) is 0 Å². The number of H-pyrrole nitrogens is 1. The number of anilines is 1. The molecule has 1 N–H and O–H groups in total. The van der Waals surface area contributed by atoms with Crippen molar-refractivity contribution in [2.75, 3.05) is 25.0 Å². The summed E-state index contributed by atoms with van der Waals surface area (Å²) in [5.41, 5.74) is 2.49. The van der Waals surface area contributed by atoms with E-state index in [4.69, 9.17) is 0 Å². The number of carbonyl (C=O) groups excluding carboxylic acids is 1. The Morgan fingerprint density at radius 1 is 1.20 bits per heavy atom. The van der Waals surface area contributed by atoms with Crippen LogP contribution in [-0.4, -0.2) is 45.9 Å². The molecule has 1 aliphatic heterocycles. The Bertz CT molecular complexity index is 847. The summed E-state index contributed by atoms with van der Waals surface area (Å²) >= 11 is 0. The number of aromatic amines is 1. The first-order valence-corrected chi connectivity index (χ1v) is 8.61. The van der Waals surface area contributed by atoms with Crippen LogP contribution in [0.1, 0.15) is 29.0 Å². The van der Waals surface area contributed by atoms with Gasteiger partial charge in [-0.05, 0) is 37.1 Å². The van der Waals surface area contributed by atoms with Gasteiger partial charge < -0.3 is 14.8 Å². The van der Waals surface area contributed by atoms with Crippen LogP contribution >= 0.6 is 0 Å². The number of fused-ring (bicyclic) bond motifs is 1. The van der Waals surface area contributed by atoms with E-state index in [1.807, 2.05) is 36.4 Å². The quantitative estimate of drug-likeness (QED) is 0.796. The van der Waals surface area contributed by atoms with Crippen molar-refractivity contribution in [1.29, 1.82) is 0 Å². The molecule has 0 unspecified atom stereocenters. The second-order valence-corrected chi connectivity index (χ2v) is 6.46. The molecule has 0 saturated carbocycles. The van der Waals surface area contributed by atoms with Gasteiger partial charge in [-0.2, -0.15) is 0 Å². The van der Waals surface area contributed by atoms with Crippen molar-refractivity contribution in [2.45, 2.75) is 19.4 Å². The van der Waals surface area contributed by atoms with Gasteiger partial charge >= 0.3 is 0 Å². The molecule has 25 heavy (non-hydrogen) atoms. The zero-order valence-corrected chi connectivity index (χ0v) is 14.3. The maximum Gasteiger partial charge on any atom is 0.255 e. The van der Waals surface area contributed by atoms with E-state index in [1.54, 1.807) is 18.1 Å². The molecule has 1 fully saturated rings. The molecule has 1 saturated heterocycles. The second kappa shape index (κ2) is 6.55. The predicted octanol–water partition coefficient (Wildman–Crippen LogP) is 2.83. The van der Waals surface area contributed by atoms with Crippen molar-refractivity contribution in [3.8, 4) is 0 Å². The standard InChI is InChI=1S/C19H21N5O/c1-23(13-17-21-15-6-2-3-7-16(15)22-17)19(25)14-8-9-18(20-12-14)24-10-4-5-11-24/h2-3,6-9,12H,4-5,10-11,13H2,1H3,(H,21,22). The number of nitrogens with one attached hydrogen (secondary N) is 1. The number of hydrogen-bond acceptors (Lipinski definition) is 4. The van der Waals surface area contributed by atoms with Crippen LogP contribution in [0, 0.1) is 0 Å². The summed E-state index contributed by atoms with van der Waals surface area (Å²) in [6, 6.07) is 11.7. The topological polar surface area (TPSA) is 65.1 Å². The maximum atomic E-state index is 12.6. The lowest BCUT2D eigenvalue weighted by Crippen LogP contribution is -2.27. The molecule has 1 amide bonds. The molecule has 3 heterocycles. The molecule has 0 radical (unpaired) electrons. The van der Waals surface area contributed by atoms with Crippen LogP contribution in [0.15, 0.2) is 42.6 Å². The number of amides is 1. The average molecular weight is 335 g/mol. The van der Waals surface area contributed by atoms with E-state index >= 15 is 0 Å². The third-order valence-corrected chi connectivity index (χ3v) is 4.60. The van der Waals surface area contributed by atoms with Crippen molar-refractivity contribution < 1.29 is 4.79 Å². The van der Waals surface area contributed by atoms with E-state index in [0.29, 0.717) is 12.1 Å². The fourth-order valence-electron chi connectivity index (χ4n) is 3.24. The minimum absolute atomic E-state index is 0.0547. The van der Waals surface area contributed by atoms with Gasteiger partial charge in [-0.1, -0.05) is 12.1 Å². The van der Waals surface area contributed by atoms with Crippen molar-refractivity contribution in [3.63, 3.8) is 0 Å². The molecule has 128 valence electrons. The van der Waals surface area contributed by atoms with E-state index in [9.17, 15) is 4.79 Å². The Balaban J connectivity index is 1.45. The number of pyridine rings is 1. The summed E-state index contributed by atoms with van der Waals surface area (Å²) in [4.78, 5) is 28.8. The predicted molar refractivity (Wildman–Crippen MR) is 97.6 cm³/mol. The highest BCUT2D eigenvalue weighted by Gasteiger charge is 2.17. The Morgan fingerprint density at radius 3 is 2.72 bits per heavy atom. The van der Waals surface area contributed by atoms with Crippen LogP contribution < -0.4 is 4.90 Å². The molecule has 2 aromatic heterocycles. The lowest BCUT2D eigenvalue weighted by Gasteiger charge is -2.18. The highest BCUT2D eigenvalue weighted by atomic mass is 16.2. The van der Waals surface area contributed by atoms with Crippen LogP contribution in [0.2, 0.25) is 0 Å². The highest BCUT2D eigenvalue weighted by Crippen LogP contribution is 2.18. The first-order valence-electron chi connectivity index (χ1n) is 8.61. The lowest BCUT2D eigenvalue weighted by molar-refractivity contribution is 0.0781. The summed E-state index contributed by atoms with van der Waals surface area (Å²) in [5, 5.41) is 0. The lowest BCUT2D eigenvalue weighted by atomic mass is 10.2. The van der Waals surface area contributed by atoms with E-state index in [1.165, 1.54) is 12.8 Å².